The van der Waals surface area contributed by atoms with Gasteiger partial charge >= 0.3 is 0 Å². The van der Waals surface area contributed by atoms with Gasteiger partial charge in [0.2, 0.25) is 0 Å². The van der Waals surface area contributed by atoms with Crippen molar-refractivity contribution < 1.29 is 0 Å². The molecule has 0 aliphatic carbocycles. The Bertz CT molecular complexity index is 3560. The molecule has 0 spiro atoms. The van der Waals surface area contributed by atoms with Crippen LogP contribution in [0.15, 0.2) is 224 Å². The zero-order chi connectivity index (χ0) is 40.3. The first kappa shape index (κ1) is 35.6. The van der Waals surface area contributed by atoms with Crippen LogP contribution in [0.5, 0.6) is 0 Å². The van der Waals surface area contributed by atoms with Crippen LogP contribution in [-0.2, 0) is 0 Å². The van der Waals surface area contributed by atoms with Gasteiger partial charge in [0.05, 0.1) is 5.69 Å². The molecule has 12 rings (SSSR count). The van der Waals surface area contributed by atoms with E-state index in [9.17, 15) is 0 Å². The predicted octanol–water partition coefficient (Wildman–Crippen LogP) is 17.7. The molecule has 0 radical (unpaired) electrons. The lowest BCUT2D eigenvalue weighted by Crippen LogP contribution is -2.10. The van der Waals surface area contributed by atoms with E-state index in [0.717, 1.165) is 17.1 Å². The SMILES string of the molecule is c1ccc(-c2ccc3c(c2)sc2cc(N(c4ccc(-c5cccc6ccccc56)cc4)c4ccc(-c5ccccc5)c5sc6cc(-c7ccccc7)ccc6c45)ccc23)cc1. The summed E-state index contributed by atoms with van der Waals surface area (Å²) in [5.41, 5.74) is 13.3. The summed E-state index contributed by atoms with van der Waals surface area (Å²) in [5.74, 6) is 0. The van der Waals surface area contributed by atoms with E-state index in [1.807, 2.05) is 22.7 Å². The molecule has 2 aromatic heterocycles. The Morgan fingerprint density at radius 3 is 1.52 bits per heavy atom. The molecule has 0 amide bonds. The van der Waals surface area contributed by atoms with Crippen molar-refractivity contribution in [3.05, 3.63) is 224 Å². The van der Waals surface area contributed by atoms with Gasteiger partial charge in [0.15, 0.2) is 0 Å². The van der Waals surface area contributed by atoms with E-state index < -0.39 is 0 Å². The first-order valence-electron chi connectivity index (χ1n) is 20.7. The second-order valence-electron chi connectivity index (χ2n) is 15.6. The highest BCUT2D eigenvalue weighted by molar-refractivity contribution is 7.26. The smallest absolute Gasteiger partial charge is 0.0555 e. The summed E-state index contributed by atoms with van der Waals surface area (Å²) in [6.07, 6.45) is 0. The van der Waals surface area contributed by atoms with Crippen LogP contribution in [0.1, 0.15) is 0 Å². The van der Waals surface area contributed by atoms with E-state index in [1.165, 1.54) is 95.6 Å². The van der Waals surface area contributed by atoms with Gasteiger partial charge in [0.25, 0.3) is 0 Å². The van der Waals surface area contributed by atoms with Crippen molar-refractivity contribution >= 4 is 90.9 Å². The maximum Gasteiger partial charge on any atom is 0.0555 e. The number of hydrogen-bond donors (Lipinski definition) is 0. The van der Waals surface area contributed by atoms with Crippen molar-refractivity contribution in [3.63, 3.8) is 0 Å². The Morgan fingerprint density at radius 2 is 0.820 bits per heavy atom. The lowest BCUT2D eigenvalue weighted by molar-refractivity contribution is 1.31. The van der Waals surface area contributed by atoms with Crippen LogP contribution in [0.25, 0.3) is 95.6 Å². The van der Waals surface area contributed by atoms with E-state index in [-0.39, 0.29) is 0 Å². The van der Waals surface area contributed by atoms with Gasteiger partial charge in [-0.25, -0.2) is 0 Å². The number of thiophene rings is 2. The Balaban J connectivity index is 1.08. The van der Waals surface area contributed by atoms with Gasteiger partial charge in [0.1, 0.15) is 0 Å². The van der Waals surface area contributed by atoms with Gasteiger partial charge in [-0.15, -0.1) is 22.7 Å². The lowest BCUT2D eigenvalue weighted by Gasteiger charge is -2.27. The molecular formula is C58H37NS2. The zero-order valence-corrected chi connectivity index (χ0v) is 34.8. The van der Waals surface area contributed by atoms with E-state index in [2.05, 4.69) is 229 Å². The van der Waals surface area contributed by atoms with Crippen molar-refractivity contribution in [2.24, 2.45) is 0 Å². The number of fused-ring (bicyclic) bond motifs is 7. The molecule has 1 nitrogen and oxygen atoms in total. The molecular weight excluding hydrogens is 775 g/mol. The fourth-order valence-electron chi connectivity index (χ4n) is 9.11. The minimum atomic E-state index is 1.12. The third-order valence-corrected chi connectivity index (χ3v) is 14.4. The summed E-state index contributed by atoms with van der Waals surface area (Å²) < 4.78 is 5.14. The maximum atomic E-state index is 2.49. The van der Waals surface area contributed by atoms with Crippen molar-refractivity contribution in [2.75, 3.05) is 4.90 Å². The molecule has 0 saturated heterocycles. The lowest BCUT2D eigenvalue weighted by atomic mass is 9.97. The second-order valence-corrected chi connectivity index (χ2v) is 17.8. The molecule has 12 aromatic rings. The molecule has 3 heteroatoms. The highest BCUT2D eigenvalue weighted by atomic mass is 32.1. The summed E-state index contributed by atoms with van der Waals surface area (Å²) in [7, 11) is 0. The van der Waals surface area contributed by atoms with Crippen LogP contribution in [0, 0.1) is 0 Å². The Kier molecular flexibility index (Phi) is 8.62. The Hall–Kier alpha value is -7.30. The third kappa shape index (κ3) is 6.21. The number of rotatable bonds is 7. The molecule has 0 fully saturated rings. The van der Waals surface area contributed by atoms with Gasteiger partial charge in [-0.2, -0.15) is 0 Å². The standard InChI is InChI=1S/C58H37NS2/c1-4-13-38(14-5-1)43-25-30-50-51-32-29-46(37-56(51)60-54(50)35-43)59(45-27-23-42(24-28-45)48-22-12-20-40-19-10-11-21-47(40)48)53-34-33-49(41-17-8-3-9-18-41)58-57(53)52-31-26-44(36-55(52)61-58)39-15-6-2-7-16-39/h1-37H. The molecule has 0 saturated carbocycles. The van der Waals surface area contributed by atoms with Gasteiger partial charge in [-0.05, 0) is 97.7 Å². The average Bonchev–Trinajstić information content (AvgIpc) is 3.90. The van der Waals surface area contributed by atoms with Crippen LogP contribution >= 0.6 is 22.7 Å². The second kappa shape index (κ2) is 14.8. The molecule has 0 aliphatic rings. The quantitative estimate of drug-likeness (QED) is 0.155. The first-order valence-corrected chi connectivity index (χ1v) is 22.4. The van der Waals surface area contributed by atoms with Crippen LogP contribution in [-0.4, -0.2) is 0 Å². The third-order valence-electron chi connectivity index (χ3n) is 12.1. The molecule has 0 N–H and O–H groups in total. The van der Waals surface area contributed by atoms with Crippen LogP contribution in [0.4, 0.5) is 17.1 Å². The predicted molar refractivity (Wildman–Crippen MR) is 266 cm³/mol. The maximum absolute atomic E-state index is 2.49. The summed E-state index contributed by atoms with van der Waals surface area (Å²) in [4.78, 5) is 2.49. The fraction of sp³-hybridized carbons (Fsp3) is 0. The minimum Gasteiger partial charge on any atom is -0.310 e. The first-order chi connectivity index (χ1) is 30.2. The van der Waals surface area contributed by atoms with Crippen molar-refractivity contribution in [1.82, 2.24) is 0 Å². The van der Waals surface area contributed by atoms with Crippen molar-refractivity contribution in [1.29, 1.82) is 0 Å². The summed E-state index contributed by atoms with van der Waals surface area (Å²) in [5, 5.41) is 7.62. The van der Waals surface area contributed by atoms with E-state index in [4.69, 9.17) is 0 Å². The van der Waals surface area contributed by atoms with Gasteiger partial charge in [-0.1, -0.05) is 182 Å². The minimum absolute atomic E-state index is 1.12. The highest BCUT2D eigenvalue weighted by Crippen LogP contribution is 2.50. The molecule has 0 bridgehead atoms. The molecule has 0 aliphatic heterocycles. The topological polar surface area (TPSA) is 3.24 Å². The Morgan fingerprint density at radius 1 is 0.295 bits per heavy atom. The van der Waals surface area contributed by atoms with Crippen LogP contribution in [0.2, 0.25) is 0 Å². The number of anilines is 3. The van der Waals surface area contributed by atoms with Gasteiger partial charge < -0.3 is 4.90 Å². The summed E-state index contributed by atoms with van der Waals surface area (Å²) in [6, 6.07) is 82.4. The monoisotopic (exact) mass is 811 g/mol. The van der Waals surface area contributed by atoms with E-state index >= 15 is 0 Å². The van der Waals surface area contributed by atoms with Gasteiger partial charge in [0, 0.05) is 51.7 Å². The molecule has 0 unspecified atom stereocenters. The van der Waals surface area contributed by atoms with Crippen LogP contribution < -0.4 is 4.90 Å². The summed E-state index contributed by atoms with van der Waals surface area (Å²) in [6.45, 7) is 0. The normalized spacial score (nSPS) is 11.6. The van der Waals surface area contributed by atoms with Crippen molar-refractivity contribution in [2.45, 2.75) is 0 Å². The average molecular weight is 812 g/mol. The molecule has 61 heavy (non-hydrogen) atoms. The van der Waals surface area contributed by atoms with Gasteiger partial charge in [-0.3, -0.25) is 0 Å². The van der Waals surface area contributed by atoms with E-state index in [0.29, 0.717) is 0 Å². The Labute approximate surface area is 362 Å². The molecule has 286 valence electrons. The molecule has 10 aromatic carbocycles. The molecule has 0 atom stereocenters. The highest BCUT2D eigenvalue weighted by Gasteiger charge is 2.22. The summed E-state index contributed by atoms with van der Waals surface area (Å²) >= 11 is 3.77. The largest absolute Gasteiger partial charge is 0.310 e. The van der Waals surface area contributed by atoms with Crippen molar-refractivity contribution in [3.8, 4) is 44.5 Å². The number of benzene rings is 10. The van der Waals surface area contributed by atoms with Crippen LogP contribution in [0.3, 0.4) is 0 Å². The number of nitrogens with zero attached hydrogens (tertiary/aromatic N) is 1. The molecule has 2 heterocycles. The fourth-order valence-corrected chi connectivity index (χ4v) is 11.6. The van der Waals surface area contributed by atoms with E-state index in [1.54, 1.807) is 0 Å². The number of hydrogen-bond acceptors (Lipinski definition) is 3. The zero-order valence-electron chi connectivity index (χ0n) is 33.1.